The molecule has 1 aromatic heterocycles. The second-order valence-corrected chi connectivity index (χ2v) is 5.44. The molecule has 3 rings (SSSR count). The lowest BCUT2D eigenvalue weighted by Crippen LogP contribution is -2.30. The van der Waals surface area contributed by atoms with Gasteiger partial charge >= 0.3 is 0 Å². The molecule has 0 aliphatic carbocycles. The molecule has 0 bridgehead atoms. The molecular formula is C16H19N3O2. The molecule has 110 valence electrons. The molecule has 0 spiro atoms. The number of carbonyl (C=O) groups excluding carboxylic acids is 1. The summed E-state index contributed by atoms with van der Waals surface area (Å²) in [4.78, 5) is 18.7. The summed E-state index contributed by atoms with van der Waals surface area (Å²) in [5, 5.41) is 0. The number of aryl methyl sites for hydroxylation is 1. The van der Waals surface area contributed by atoms with Gasteiger partial charge in [0, 0.05) is 18.7 Å². The molecule has 0 radical (unpaired) electrons. The molecule has 1 aromatic carbocycles. The van der Waals surface area contributed by atoms with Gasteiger partial charge in [0.2, 0.25) is 11.7 Å². The highest BCUT2D eigenvalue weighted by atomic mass is 16.4. The Morgan fingerprint density at radius 3 is 2.86 bits per heavy atom. The Morgan fingerprint density at radius 2 is 2.19 bits per heavy atom. The van der Waals surface area contributed by atoms with Gasteiger partial charge < -0.3 is 15.1 Å². The Hall–Kier alpha value is -2.14. The predicted molar refractivity (Wildman–Crippen MR) is 79.7 cm³/mol. The van der Waals surface area contributed by atoms with Crippen LogP contribution in [0.4, 0.5) is 0 Å². The number of aromatic nitrogens is 1. The number of benzene rings is 1. The number of oxazole rings is 1. The van der Waals surface area contributed by atoms with Crippen LogP contribution < -0.4 is 5.73 Å². The van der Waals surface area contributed by atoms with E-state index >= 15 is 0 Å². The van der Waals surface area contributed by atoms with Gasteiger partial charge in [-0.3, -0.25) is 4.79 Å². The van der Waals surface area contributed by atoms with Crippen LogP contribution in [0.15, 0.2) is 34.7 Å². The van der Waals surface area contributed by atoms with Gasteiger partial charge in [0.15, 0.2) is 0 Å². The van der Waals surface area contributed by atoms with Crippen LogP contribution in [-0.4, -0.2) is 35.4 Å². The lowest BCUT2D eigenvalue weighted by Gasteiger charge is -2.14. The van der Waals surface area contributed by atoms with Crippen molar-refractivity contribution >= 4 is 5.91 Å². The number of rotatable bonds is 3. The highest BCUT2D eigenvalue weighted by Gasteiger charge is 2.29. The zero-order valence-corrected chi connectivity index (χ0v) is 12.1. The highest BCUT2D eigenvalue weighted by molar-refractivity contribution is 5.93. The molecule has 1 fully saturated rings. The number of nitrogens with two attached hydrogens (primary N) is 1. The zero-order chi connectivity index (χ0) is 14.8. The second-order valence-electron chi connectivity index (χ2n) is 5.44. The minimum Gasteiger partial charge on any atom is -0.431 e. The van der Waals surface area contributed by atoms with E-state index in [9.17, 15) is 4.79 Å². The van der Waals surface area contributed by atoms with Crippen LogP contribution in [0, 0.1) is 12.8 Å². The molecule has 0 saturated carbocycles. The van der Waals surface area contributed by atoms with Gasteiger partial charge in [0.05, 0.1) is 5.69 Å². The van der Waals surface area contributed by atoms with Crippen molar-refractivity contribution in [2.75, 3.05) is 19.6 Å². The van der Waals surface area contributed by atoms with E-state index in [1.807, 2.05) is 30.3 Å². The summed E-state index contributed by atoms with van der Waals surface area (Å²) in [6.45, 7) is 3.87. The van der Waals surface area contributed by atoms with Crippen molar-refractivity contribution in [3.8, 4) is 11.5 Å². The first-order chi connectivity index (χ1) is 10.2. The van der Waals surface area contributed by atoms with Crippen LogP contribution in [0.1, 0.15) is 22.7 Å². The summed E-state index contributed by atoms with van der Waals surface area (Å²) in [6.07, 6.45) is 0.959. The maximum atomic E-state index is 12.5. The van der Waals surface area contributed by atoms with Crippen LogP contribution in [-0.2, 0) is 0 Å². The van der Waals surface area contributed by atoms with Crippen molar-refractivity contribution in [1.29, 1.82) is 0 Å². The molecule has 1 aliphatic rings. The Balaban J connectivity index is 1.83. The summed E-state index contributed by atoms with van der Waals surface area (Å²) in [5.74, 6) is 1.14. The van der Waals surface area contributed by atoms with Crippen molar-refractivity contribution < 1.29 is 9.21 Å². The third-order valence-electron chi connectivity index (χ3n) is 3.92. The third kappa shape index (κ3) is 2.69. The molecule has 5 heteroatoms. The fourth-order valence-electron chi connectivity index (χ4n) is 2.65. The minimum atomic E-state index is -0.0851. The molecule has 1 aliphatic heterocycles. The van der Waals surface area contributed by atoms with Crippen LogP contribution in [0.3, 0.4) is 0 Å². The van der Waals surface area contributed by atoms with Crippen molar-refractivity contribution in [1.82, 2.24) is 9.88 Å². The third-order valence-corrected chi connectivity index (χ3v) is 3.92. The van der Waals surface area contributed by atoms with Gasteiger partial charge in [-0.2, -0.15) is 0 Å². The molecule has 1 amide bonds. The van der Waals surface area contributed by atoms with Crippen molar-refractivity contribution in [3.63, 3.8) is 0 Å². The molecule has 2 aromatic rings. The van der Waals surface area contributed by atoms with E-state index < -0.39 is 0 Å². The lowest BCUT2D eigenvalue weighted by atomic mass is 10.1. The average molecular weight is 285 g/mol. The van der Waals surface area contributed by atoms with Crippen molar-refractivity contribution in [2.24, 2.45) is 11.7 Å². The van der Waals surface area contributed by atoms with E-state index in [0.717, 1.165) is 18.5 Å². The Morgan fingerprint density at radius 1 is 1.43 bits per heavy atom. The van der Waals surface area contributed by atoms with Crippen LogP contribution in [0.5, 0.6) is 0 Å². The first-order valence-electron chi connectivity index (χ1n) is 7.21. The van der Waals surface area contributed by atoms with Crippen LogP contribution in [0.2, 0.25) is 0 Å². The minimum absolute atomic E-state index is 0.0851. The zero-order valence-electron chi connectivity index (χ0n) is 12.1. The average Bonchev–Trinajstić information content (AvgIpc) is 3.14. The molecule has 2 N–H and O–H groups in total. The van der Waals surface area contributed by atoms with Crippen LogP contribution in [0.25, 0.3) is 11.5 Å². The van der Waals surface area contributed by atoms with E-state index in [4.69, 9.17) is 10.2 Å². The van der Waals surface area contributed by atoms with E-state index in [1.165, 1.54) is 0 Å². The number of carbonyl (C=O) groups is 1. The van der Waals surface area contributed by atoms with Gasteiger partial charge in [0.25, 0.3) is 5.91 Å². The smallest absolute Gasteiger partial charge is 0.291 e. The number of amides is 1. The van der Waals surface area contributed by atoms with E-state index in [2.05, 4.69) is 4.98 Å². The largest absolute Gasteiger partial charge is 0.431 e. The SMILES string of the molecule is Cc1nc(-c2ccccc2)oc1C(=O)N1CCC(CN)C1. The standard InChI is InChI=1S/C16H19N3O2/c1-11-14(16(20)19-8-7-12(9-17)10-19)21-15(18-11)13-5-3-2-4-6-13/h2-6,12H,7-10,17H2,1H3. The quantitative estimate of drug-likeness (QED) is 0.937. The van der Waals surface area contributed by atoms with E-state index in [-0.39, 0.29) is 5.91 Å². The molecule has 2 heterocycles. The number of hydrogen-bond acceptors (Lipinski definition) is 4. The first kappa shape index (κ1) is 13.8. The summed E-state index contributed by atoms with van der Waals surface area (Å²) >= 11 is 0. The van der Waals surface area contributed by atoms with Crippen LogP contribution >= 0.6 is 0 Å². The van der Waals surface area contributed by atoms with E-state index in [1.54, 1.807) is 11.8 Å². The summed E-state index contributed by atoms with van der Waals surface area (Å²) in [7, 11) is 0. The number of hydrogen-bond donors (Lipinski definition) is 1. The maximum Gasteiger partial charge on any atom is 0.291 e. The number of likely N-dealkylation sites (tertiary alicyclic amines) is 1. The van der Waals surface area contributed by atoms with Gasteiger partial charge in [-0.05, 0) is 37.9 Å². The van der Waals surface area contributed by atoms with Gasteiger partial charge in [-0.15, -0.1) is 0 Å². The monoisotopic (exact) mass is 285 g/mol. The summed E-state index contributed by atoms with van der Waals surface area (Å²) in [6, 6.07) is 9.60. The maximum absolute atomic E-state index is 12.5. The Kier molecular flexibility index (Phi) is 3.75. The lowest BCUT2D eigenvalue weighted by molar-refractivity contribution is 0.0756. The van der Waals surface area contributed by atoms with Gasteiger partial charge in [0.1, 0.15) is 0 Å². The molecule has 5 nitrogen and oxygen atoms in total. The summed E-state index contributed by atoms with van der Waals surface area (Å²) in [5.41, 5.74) is 7.18. The number of nitrogens with zero attached hydrogens (tertiary/aromatic N) is 2. The normalized spacial score (nSPS) is 18.2. The van der Waals surface area contributed by atoms with Crippen molar-refractivity contribution in [2.45, 2.75) is 13.3 Å². The second kappa shape index (κ2) is 5.69. The highest BCUT2D eigenvalue weighted by Crippen LogP contribution is 2.24. The van der Waals surface area contributed by atoms with Gasteiger partial charge in [-0.25, -0.2) is 4.98 Å². The molecule has 1 atom stereocenters. The molecule has 21 heavy (non-hydrogen) atoms. The van der Waals surface area contributed by atoms with Crippen molar-refractivity contribution in [3.05, 3.63) is 41.8 Å². The fraction of sp³-hybridized carbons (Fsp3) is 0.375. The van der Waals surface area contributed by atoms with E-state index in [0.29, 0.717) is 36.4 Å². The van der Waals surface area contributed by atoms with Gasteiger partial charge in [-0.1, -0.05) is 18.2 Å². The Labute approximate surface area is 123 Å². The topological polar surface area (TPSA) is 72.4 Å². The fourth-order valence-corrected chi connectivity index (χ4v) is 2.65. The molecule has 1 saturated heterocycles. The molecular weight excluding hydrogens is 266 g/mol. The predicted octanol–water partition coefficient (Wildman–Crippen LogP) is 2.07. The Bertz CT molecular complexity index is 636. The first-order valence-corrected chi connectivity index (χ1v) is 7.21. The summed E-state index contributed by atoms with van der Waals surface area (Å²) < 4.78 is 5.71. The molecule has 1 unspecified atom stereocenters.